The minimum absolute atomic E-state index is 0.472. The minimum atomic E-state index is -1.22. The molecule has 0 amide bonds. The third-order valence-electron chi connectivity index (χ3n) is 3.65. The van der Waals surface area contributed by atoms with E-state index >= 15 is 0 Å². The van der Waals surface area contributed by atoms with Crippen molar-refractivity contribution in [2.24, 2.45) is 10.8 Å². The van der Waals surface area contributed by atoms with Crippen LogP contribution in [0.15, 0.2) is 0 Å². The molecule has 0 radical (unpaired) electrons. The molecule has 0 nitrogen and oxygen atoms in total. The molecule has 0 N–H and O–H groups in total. The highest BCUT2D eigenvalue weighted by Gasteiger charge is 2.44. The largest absolute Gasteiger partial charge is 0.0687 e. The molecule has 0 saturated heterocycles. The van der Waals surface area contributed by atoms with E-state index < -0.39 is 8.07 Å². The predicted molar refractivity (Wildman–Crippen MR) is 79.9 cm³/mol. The molecule has 0 aromatic rings. The molecule has 0 heterocycles. The molecule has 0 spiro atoms. The molecule has 0 fully saturated rings. The fourth-order valence-electron chi connectivity index (χ4n) is 2.93. The van der Waals surface area contributed by atoms with Gasteiger partial charge in [-0.05, 0) is 15.9 Å². The monoisotopic (exact) mass is 242 g/mol. The van der Waals surface area contributed by atoms with E-state index in [4.69, 9.17) is 0 Å². The fourth-order valence-corrected chi connectivity index (χ4v) is 8.80. The summed E-state index contributed by atoms with van der Waals surface area (Å²) in [5, 5.41) is 0.508. The van der Waals surface area contributed by atoms with E-state index in [1.807, 2.05) is 0 Å². The molecule has 98 valence electrons. The molecule has 0 aromatic carbocycles. The van der Waals surface area contributed by atoms with Crippen molar-refractivity contribution >= 4 is 8.07 Å². The summed E-state index contributed by atoms with van der Waals surface area (Å²) < 4.78 is 0. The van der Waals surface area contributed by atoms with Gasteiger partial charge in [-0.15, -0.1) is 0 Å². The highest BCUT2D eigenvalue weighted by atomic mass is 28.3. The molecule has 0 bridgehead atoms. The lowest BCUT2D eigenvalue weighted by molar-refractivity contribution is 0.420. The number of hydrogen-bond donors (Lipinski definition) is 0. The van der Waals surface area contributed by atoms with Crippen molar-refractivity contribution in [3.63, 3.8) is 0 Å². The molecule has 0 atom stereocenters. The van der Waals surface area contributed by atoms with Crippen molar-refractivity contribution in [2.75, 3.05) is 0 Å². The van der Waals surface area contributed by atoms with E-state index in [0.717, 1.165) is 0 Å². The van der Waals surface area contributed by atoms with Gasteiger partial charge in [0.2, 0.25) is 0 Å². The van der Waals surface area contributed by atoms with Crippen LogP contribution in [-0.4, -0.2) is 8.07 Å². The average Bonchev–Trinajstić information content (AvgIpc) is 1.72. The van der Waals surface area contributed by atoms with E-state index in [-0.39, 0.29) is 0 Å². The van der Waals surface area contributed by atoms with Crippen LogP contribution in [0.3, 0.4) is 0 Å². The van der Waals surface area contributed by atoms with E-state index in [1.165, 1.54) is 12.1 Å². The zero-order valence-electron chi connectivity index (χ0n) is 13.4. The Bertz CT molecular complexity index is 203. The van der Waals surface area contributed by atoms with Gasteiger partial charge >= 0.3 is 0 Å². The van der Waals surface area contributed by atoms with E-state index in [1.54, 1.807) is 0 Å². The van der Waals surface area contributed by atoms with Crippen molar-refractivity contribution in [3.8, 4) is 0 Å². The maximum atomic E-state index is 2.61. The molecule has 0 unspecified atom stereocenters. The Morgan fingerprint density at radius 1 is 0.625 bits per heavy atom. The standard InChI is InChI=1S/C15H34Si/c1-13(2,3)11-16(10,15(7,8)9)12-14(4,5)6/h11-12H2,1-10H3. The Morgan fingerprint density at radius 2 is 0.875 bits per heavy atom. The van der Waals surface area contributed by atoms with Gasteiger partial charge in [-0.25, -0.2) is 0 Å². The Morgan fingerprint density at radius 3 is 1.00 bits per heavy atom. The highest BCUT2D eigenvalue weighted by Crippen LogP contribution is 2.49. The summed E-state index contributed by atoms with van der Waals surface area (Å²) in [5.41, 5.74) is 0.943. The Balaban J connectivity index is 5.07. The zero-order valence-corrected chi connectivity index (χ0v) is 14.4. The normalized spacial score (nSPS) is 15.4. The molecule has 0 aromatic heterocycles. The molecule has 0 aliphatic heterocycles. The molecule has 0 saturated carbocycles. The first-order valence-corrected chi connectivity index (χ1v) is 9.58. The first-order valence-electron chi connectivity index (χ1n) is 6.66. The van der Waals surface area contributed by atoms with Gasteiger partial charge in [0.05, 0.1) is 8.07 Å². The Labute approximate surface area is 105 Å². The van der Waals surface area contributed by atoms with Crippen LogP contribution in [0.4, 0.5) is 0 Å². The van der Waals surface area contributed by atoms with Gasteiger partial charge in [-0.2, -0.15) is 0 Å². The van der Waals surface area contributed by atoms with Crippen molar-refractivity contribution in [3.05, 3.63) is 0 Å². The third-order valence-corrected chi connectivity index (χ3v) is 11.0. The van der Waals surface area contributed by atoms with Crippen molar-refractivity contribution in [1.29, 1.82) is 0 Å². The van der Waals surface area contributed by atoms with Crippen LogP contribution in [0, 0.1) is 10.8 Å². The predicted octanol–water partition coefficient (Wildman–Crippen LogP) is 5.96. The highest BCUT2D eigenvalue weighted by molar-refractivity contribution is 6.81. The summed E-state index contributed by atoms with van der Waals surface area (Å²) >= 11 is 0. The summed E-state index contributed by atoms with van der Waals surface area (Å²) in [7, 11) is -1.22. The van der Waals surface area contributed by atoms with E-state index in [0.29, 0.717) is 15.9 Å². The van der Waals surface area contributed by atoms with Crippen molar-refractivity contribution in [2.45, 2.75) is 86.0 Å². The summed E-state index contributed by atoms with van der Waals surface area (Å²) in [6.45, 7) is 24.4. The van der Waals surface area contributed by atoms with Gasteiger partial charge in [-0.3, -0.25) is 0 Å². The van der Waals surface area contributed by atoms with Gasteiger partial charge in [0.25, 0.3) is 0 Å². The summed E-state index contributed by atoms with van der Waals surface area (Å²) in [6.07, 6.45) is 0. The SMILES string of the molecule is CC(C)(C)C[Si](C)(CC(C)(C)C)C(C)(C)C. The lowest BCUT2D eigenvalue weighted by atomic mass is 10.00. The molecular formula is C15H34Si. The van der Waals surface area contributed by atoms with Crippen LogP contribution >= 0.6 is 0 Å². The molecule has 0 rings (SSSR count). The van der Waals surface area contributed by atoms with Gasteiger partial charge in [0.1, 0.15) is 0 Å². The van der Waals surface area contributed by atoms with Crippen LogP contribution in [0.2, 0.25) is 23.7 Å². The lowest BCUT2D eigenvalue weighted by Crippen LogP contribution is -2.46. The topological polar surface area (TPSA) is 0 Å². The molecule has 0 aliphatic rings. The van der Waals surface area contributed by atoms with Crippen LogP contribution in [-0.2, 0) is 0 Å². The first-order chi connectivity index (χ1) is 6.66. The molecule has 16 heavy (non-hydrogen) atoms. The second kappa shape index (κ2) is 4.47. The number of hydrogen-bond acceptors (Lipinski definition) is 0. The third kappa shape index (κ3) is 5.52. The van der Waals surface area contributed by atoms with Crippen LogP contribution in [0.1, 0.15) is 62.3 Å². The van der Waals surface area contributed by atoms with Crippen LogP contribution < -0.4 is 0 Å². The second-order valence-electron chi connectivity index (χ2n) is 9.29. The lowest BCUT2D eigenvalue weighted by Gasteiger charge is -2.47. The smallest absolute Gasteiger partial charge is 0.0569 e. The van der Waals surface area contributed by atoms with Crippen molar-refractivity contribution < 1.29 is 0 Å². The van der Waals surface area contributed by atoms with Crippen molar-refractivity contribution in [1.82, 2.24) is 0 Å². The zero-order chi connectivity index (χ0) is 13.4. The molecule has 0 aliphatic carbocycles. The summed E-state index contributed by atoms with van der Waals surface area (Å²) in [5.74, 6) is 0. The second-order valence-corrected chi connectivity index (χ2v) is 14.6. The summed E-state index contributed by atoms with van der Waals surface area (Å²) in [4.78, 5) is 0. The maximum absolute atomic E-state index is 2.61. The fraction of sp³-hybridized carbons (Fsp3) is 1.00. The Kier molecular flexibility index (Phi) is 4.54. The van der Waals surface area contributed by atoms with E-state index in [9.17, 15) is 0 Å². The average molecular weight is 243 g/mol. The summed E-state index contributed by atoms with van der Waals surface area (Å²) in [6, 6.07) is 2.86. The van der Waals surface area contributed by atoms with Gasteiger partial charge in [0, 0.05) is 0 Å². The molecular weight excluding hydrogens is 208 g/mol. The maximum Gasteiger partial charge on any atom is 0.0569 e. The van der Waals surface area contributed by atoms with Crippen LogP contribution in [0.5, 0.6) is 0 Å². The minimum Gasteiger partial charge on any atom is -0.0687 e. The van der Waals surface area contributed by atoms with Gasteiger partial charge in [0.15, 0.2) is 0 Å². The van der Waals surface area contributed by atoms with E-state index in [2.05, 4.69) is 68.9 Å². The van der Waals surface area contributed by atoms with Gasteiger partial charge in [-0.1, -0.05) is 80.9 Å². The van der Waals surface area contributed by atoms with Crippen LogP contribution in [0.25, 0.3) is 0 Å². The first kappa shape index (κ1) is 16.2. The van der Waals surface area contributed by atoms with Gasteiger partial charge < -0.3 is 0 Å². The molecule has 1 heteroatoms. The quantitative estimate of drug-likeness (QED) is 0.524. The Hall–Kier alpha value is 0.217. The number of rotatable bonds is 2.